The molecule has 1 atom stereocenters. The van der Waals surface area contributed by atoms with Crippen molar-refractivity contribution in [3.05, 3.63) is 29.8 Å². The Balaban J connectivity index is 1.93. The molecule has 1 aromatic rings. The largest absolute Gasteiger partial charge is 0.366 e. The lowest BCUT2D eigenvalue weighted by Crippen LogP contribution is -2.31. The third-order valence-electron chi connectivity index (χ3n) is 3.72. The second-order valence-corrected chi connectivity index (χ2v) is 5.57. The number of carbonyl (C=O) groups is 4. The SMILES string of the molecule is CC(=O)NCCCCC1NC(=O)N(c2ccc(C(N)=O)cc2)C1=O. The number of hydrogen-bond acceptors (Lipinski definition) is 4. The zero-order valence-electron chi connectivity index (χ0n) is 13.4. The number of carbonyl (C=O) groups excluding carboxylic acids is 4. The van der Waals surface area contributed by atoms with Gasteiger partial charge in [0.1, 0.15) is 6.04 Å². The first-order chi connectivity index (χ1) is 11.4. The van der Waals surface area contributed by atoms with Crippen LogP contribution in [0.2, 0.25) is 0 Å². The fourth-order valence-corrected chi connectivity index (χ4v) is 2.48. The van der Waals surface area contributed by atoms with Gasteiger partial charge in [-0.25, -0.2) is 9.69 Å². The van der Waals surface area contributed by atoms with Gasteiger partial charge in [0, 0.05) is 19.0 Å². The van der Waals surface area contributed by atoms with Gasteiger partial charge in [0.05, 0.1) is 5.69 Å². The molecule has 8 nitrogen and oxygen atoms in total. The van der Waals surface area contributed by atoms with Crippen LogP contribution in [0.15, 0.2) is 24.3 Å². The lowest BCUT2D eigenvalue weighted by Gasteiger charge is -2.13. The van der Waals surface area contributed by atoms with Gasteiger partial charge in [0.2, 0.25) is 11.8 Å². The lowest BCUT2D eigenvalue weighted by atomic mass is 10.1. The van der Waals surface area contributed by atoms with E-state index in [0.717, 1.165) is 11.3 Å². The summed E-state index contributed by atoms with van der Waals surface area (Å²) < 4.78 is 0. The van der Waals surface area contributed by atoms with Gasteiger partial charge >= 0.3 is 6.03 Å². The predicted octanol–water partition coefficient (Wildman–Crippen LogP) is 0.517. The zero-order chi connectivity index (χ0) is 17.7. The molecule has 1 aliphatic heterocycles. The molecule has 0 bridgehead atoms. The third-order valence-corrected chi connectivity index (χ3v) is 3.72. The van der Waals surface area contributed by atoms with Gasteiger partial charge in [-0.3, -0.25) is 14.4 Å². The number of nitrogens with two attached hydrogens (primary N) is 1. The van der Waals surface area contributed by atoms with Gasteiger partial charge in [0.15, 0.2) is 0 Å². The summed E-state index contributed by atoms with van der Waals surface area (Å²) in [6, 6.07) is 4.90. The van der Waals surface area contributed by atoms with Crippen molar-refractivity contribution in [3.8, 4) is 0 Å². The highest BCUT2D eigenvalue weighted by molar-refractivity contribution is 6.21. The van der Waals surface area contributed by atoms with Gasteiger partial charge in [-0.15, -0.1) is 0 Å². The van der Waals surface area contributed by atoms with Gasteiger partial charge < -0.3 is 16.4 Å². The van der Waals surface area contributed by atoms with Crippen LogP contribution in [-0.2, 0) is 9.59 Å². The van der Waals surface area contributed by atoms with Crippen LogP contribution >= 0.6 is 0 Å². The lowest BCUT2D eigenvalue weighted by molar-refractivity contribution is -0.119. The van der Waals surface area contributed by atoms with Crippen LogP contribution in [0.3, 0.4) is 0 Å². The highest BCUT2D eigenvalue weighted by Crippen LogP contribution is 2.21. The number of nitrogens with zero attached hydrogens (tertiary/aromatic N) is 1. The average molecular weight is 332 g/mol. The molecule has 1 aromatic carbocycles. The highest BCUT2D eigenvalue weighted by atomic mass is 16.2. The first kappa shape index (κ1) is 17.5. The maximum atomic E-state index is 12.4. The first-order valence-corrected chi connectivity index (χ1v) is 7.69. The summed E-state index contributed by atoms with van der Waals surface area (Å²) in [7, 11) is 0. The van der Waals surface area contributed by atoms with E-state index in [9.17, 15) is 19.2 Å². The van der Waals surface area contributed by atoms with E-state index < -0.39 is 18.0 Å². The molecule has 128 valence electrons. The molecule has 5 amide bonds. The molecule has 0 spiro atoms. The topological polar surface area (TPSA) is 122 Å². The second-order valence-electron chi connectivity index (χ2n) is 5.57. The molecule has 2 rings (SSSR count). The Hall–Kier alpha value is -2.90. The van der Waals surface area contributed by atoms with Crippen molar-refractivity contribution < 1.29 is 19.2 Å². The summed E-state index contributed by atoms with van der Waals surface area (Å²) in [5.41, 5.74) is 5.86. The van der Waals surface area contributed by atoms with Gasteiger partial charge in [-0.2, -0.15) is 0 Å². The van der Waals surface area contributed by atoms with Crippen molar-refractivity contribution in [3.63, 3.8) is 0 Å². The van der Waals surface area contributed by atoms with E-state index in [1.807, 2.05) is 0 Å². The quantitative estimate of drug-likeness (QED) is 0.497. The summed E-state index contributed by atoms with van der Waals surface area (Å²) in [4.78, 5) is 47.3. The molecule has 1 unspecified atom stereocenters. The van der Waals surface area contributed by atoms with Crippen molar-refractivity contribution in [2.75, 3.05) is 11.4 Å². The van der Waals surface area contributed by atoms with Crippen molar-refractivity contribution in [1.82, 2.24) is 10.6 Å². The van der Waals surface area contributed by atoms with Crippen molar-refractivity contribution in [2.24, 2.45) is 5.73 Å². The van der Waals surface area contributed by atoms with Crippen LogP contribution in [0, 0.1) is 0 Å². The molecule has 0 radical (unpaired) electrons. The first-order valence-electron chi connectivity index (χ1n) is 7.69. The molecule has 0 aliphatic carbocycles. The van der Waals surface area contributed by atoms with Crippen LogP contribution in [0.25, 0.3) is 0 Å². The van der Waals surface area contributed by atoms with Gasteiger partial charge in [-0.1, -0.05) is 0 Å². The third kappa shape index (κ3) is 4.09. The number of unbranched alkanes of at least 4 members (excludes halogenated alkanes) is 1. The molecular weight excluding hydrogens is 312 g/mol. The number of anilines is 1. The number of hydrogen-bond donors (Lipinski definition) is 3. The number of imide groups is 1. The monoisotopic (exact) mass is 332 g/mol. The summed E-state index contributed by atoms with van der Waals surface area (Å²) >= 11 is 0. The molecule has 1 fully saturated rings. The van der Waals surface area contributed by atoms with Gasteiger partial charge in [0.25, 0.3) is 5.91 Å². The summed E-state index contributed by atoms with van der Waals surface area (Å²) in [6.07, 6.45) is 1.93. The number of primary amides is 1. The van der Waals surface area contributed by atoms with Crippen LogP contribution < -0.4 is 21.3 Å². The number of nitrogens with one attached hydrogen (secondary N) is 2. The Bertz CT molecular complexity index is 657. The maximum absolute atomic E-state index is 12.4. The Morgan fingerprint density at radius 1 is 1.21 bits per heavy atom. The molecule has 4 N–H and O–H groups in total. The van der Waals surface area contributed by atoms with E-state index >= 15 is 0 Å². The van der Waals surface area contributed by atoms with Crippen molar-refractivity contribution in [2.45, 2.75) is 32.2 Å². The summed E-state index contributed by atoms with van der Waals surface area (Å²) in [5.74, 6) is -0.993. The Kier molecular flexibility index (Phi) is 5.51. The number of benzene rings is 1. The molecule has 0 saturated carbocycles. The maximum Gasteiger partial charge on any atom is 0.329 e. The number of amides is 5. The van der Waals surface area contributed by atoms with E-state index in [1.165, 1.54) is 31.2 Å². The molecule has 0 aromatic heterocycles. The minimum absolute atomic E-state index is 0.0918. The normalized spacial score (nSPS) is 16.9. The van der Waals surface area contributed by atoms with Crippen LogP contribution in [0.5, 0.6) is 0 Å². The van der Waals surface area contributed by atoms with E-state index in [1.54, 1.807) is 0 Å². The Morgan fingerprint density at radius 2 is 1.88 bits per heavy atom. The predicted molar refractivity (Wildman–Crippen MR) is 87.3 cm³/mol. The molecule has 24 heavy (non-hydrogen) atoms. The summed E-state index contributed by atoms with van der Waals surface area (Å²) in [6.45, 7) is 1.99. The smallest absolute Gasteiger partial charge is 0.329 e. The van der Waals surface area contributed by atoms with E-state index in [2.05, 4.69) is 10.6 Å². The highest BCUT2D eigenvalue weighted by Gasteiger charge is 2.38. The summed E-state index contributed by atoms with van der Waals surface area (Å²) in [5, 5.41) is 5.33. The Morgan fingerprint density at radius 3 is 2.46 bits per heavy atom. The van der Waals surface area contributed by atoms with Crippen molar-refractivity contribution >= 4 is 29.4 Å². The van der Waals surface area contributed by atoms with Crippen LogP contribution in [-0.4, -0.2) is 36.3 Å². The van der Waals surface area contributed by atoms with E-state index in [-0.39, 0.29) is 11.8 Å². The molecule has 8 heteroatoms. The molecular formula is C16H20N4O4. The molecule has 1 heterocycles. The van der Waals surface area contributed by atoms with E-state index in [4.69, 9.17) is 5.73 Å². The minimum atomic E-state index is -0.578. The number of urea groups is 1. The fraction of sp³-hybridized carbons (Fsp3) is 0.375. The fourth-order valence-electron chi connectivity index (χ4n) is 2.48. The zero-order valence-corrected chi connectivity index (χ0v) is 13.4. The average Bonchev–Trinajstić information content (AvgIpc) is 2.81. The van der Waals surface area contributed by atoms with Crippen molar-refractivity contribution in [1.29, 1.82) is 0 Å². The molecule has 1 aliphatic rings. The Labute approximate surface area is 139 Å². The minimum Gasteiger partial charge on any atom is -0.366 e. The molecule has 1 saturated heterocycles. The van der Waals surface area contributed by atoms with E-state index in [0.29, 0.717) is 30.6 Å². The number of rotatable bonds is 7. The van der Waals surface area contributed by atoms with Crippen LogP contribution in [0.1, 0.15) is 36.5 Å². The standard InChI is InChI=1S/C16H20N4O4/c1-10(21)18-9-3-2-4-13-15(23)20(16(24)19-13)12-7-5-11(6-8-12)14(17)22/h5-8,13H,2-4,9H2,1H3,(H2,17,22)(H,18,21)(H,19,24). The second kappa shape index (κ2) is 7.58. The van der Waals surface area contributed by atoms with Gasteiger partial charge in [-0.05, 0) is 43.5 Å². The van der Waals surface area contributed by atoms with Crippen LogP contribution in [0.4, 0.5) is 10.5 Å².